The average Bonchev–Trinajstić information content (AvgIpc) is 2.94. The van der Waals surface area contributed by atoms with Crippen molar-refractivity contribution in [3.8, 4) is 0 Å². The molecule has 1 atom stereocenters. The lowest BCUT2D eigenvalue weighted by molar-refractivity contribution is 0.561. The van der Waals surface area contributed by atoms with Gasteiger partial charge in [0, 0.05) is 10.2 Å². The number of hydrogen-bond acceptors (Lipinski definition) is 1. The molecule has 1 unspecified atom stereocenters. The van der Waals surface area contributed by atoms with E-state index < -0.39 is 6.67 Å². The van der Waals surface area contributed by atoms with Crippen molar-refractivity contribution in [3.05, 3.63) is 58.1 Å². The van der Waals surface area contributed by atoms with Crippen LogP contribution in [0.4, 0.5) is 4.39 Å². The number of hydrogen-bond donors (Lipinski definition) is 0. The predicted octanol–water partition coefficient (Wildman–Crippen LogP) is 5.26. The van der Waals surface area contributed by atoms with Crippen LogP contribution in [0.3, 0.4) is 0 Å². The Balaban J connectivity index is 2.18. The number of benzene rings is 1. The fraction of sp³-hybridized carbons (Fsp3) is 0.353. The van der Waals surface area contributed by atoms with Gasteiger partial charge in [-0.2, -0.15) is 0 Å². The topological polar surface area (TPSA) is 12.4 Å². The normalized spacial score (nSPS) is 19.6. The van der Waals surface area contributed by atoms with Crippen LogP contribution in [0, 0.1) is 0 Å². The van der Waals surface area contributed by atoms with Gasteiger partial charge in [-0.05, 0) is 42.5 Å². The quantitative estimate of drug-likeness (QED) is 0.650. The van der Waals surface area contributed by atoms with Gasteiger partial charge in [0.1, 0.15) is 6.67 Å². The highest BCUT2D eigenvalue weighted by Gasteiger charge is 2.20. The van der Waals surface area contributed by atoms with Gasteiger partial charge in [0.15, 0.2) is 0 Å². The Morgan fingerprint density at radius 2 is 2.15 bits per heavy atom. The number of rotatable bonds is 5. The van der Waals surface area contributed by atoms with Crippen LogP contribution in [0.25, 0.3) is 0 Å². The lowest BCUT2D eigenvalue weighted by Gasteiger charge is -2.07. The van der Waals surface area contributed by atoms with Gasteiger partial charge in [0.25, 0.3) is 0 Å². The molecule has 3 heteroatoms. The van der Waals surface area contributed by atoms with Gasteiger partial charge in [-0.25, -0.2) is 4.39 Å². The van der Waals surface area contributed by atoms with Crippen molar-refractivity contribution in [2.45, 2.75) is 32.2 Å². The number of aliphatic imine (C=N–C) groups is 1. The summed E-state index contributed by atoms with van der Waals surface area (Å²) < 4.78 is 13.4. The number of halogens is 2. The van der Waals surface area contributed by atoms with Gasteiger partial charge < -0.3 is 0 Å². The maximum atomic E-state index is 12.3. The Hall–Kier alpha value is -1.22. The van der Waals surface area contributed by atoms with Crippen molar-refractivity contribution < 1.29 is 4.39 Å². The van der Waals surface area contributed by atoms with E-state index in [1.807, 2.05) is 18.2 Å². The average molecular weight is 336 g/mol. The van der Waals surface area contributed by atoms with Gasteiger partial charge >= 0.3 is 0 Å². The second kappa shape index (κ2) is 7.53. The molecule has 1 nitrogen and oxygen atoms in total. The second-order valence-electron chi connectivity index (χ2n) is 4.81. The fourth-order valence-electron chi connectivity index (χ4n) is 2.42. The summed E-state index contributed by atoms with van der Waals surface area (Å²) in [6.07, 6.45) is 8.53. The zero-order valence-corrected chi connectivity index (χ0v) is 13.2. The summed E-state index contributed by atoms with van der Waals surface area (Å²) in [6.45, 7) is 1.68. The first-order valence-corrected chi connectivity index (χ1v) is 7.79. The van der Waals surface area contributed by atoms with Crippen molar-refractivity contribution >= 4 is 21.6 Å². The largest absolute Gasteiger partial charge is 0.281 e. The lowest BCUT2D eigenvalue weighted by atomic mass is 10.0. The van der Waals surface area contributed by atoms with E-state index in [0.717, 1.165) is 35.0 Å². The van der Waals surface area contributed by atoms with E-state index >= 15 is 0 Å². The van der Waals surface area contributed by atoms with Crippen LogP contribution in [0.5, 0.6) is 0 Å². The maximum absolute atomic E-state index is 12.3. The van der Waals surface area contributed by atoms with Crippen LogP contribution in [0.15, 0.2) is 57.5 Å². The molecule has 2 rings (SSSR count). The molecule has 0 aliphatic carbocycles. The Kier molecular flexibility index (Phi) is 5.72. The number of alkyl halides is 1. The Morgan fingerprint density at radius 3 is 2.80 bits per heavy atom. The highest BCUT2D eigenvalue weighted by molar-refractivity contribution is 9.10. The molecule has 0 aromatic heterocycles. The van der Waals surface area contributed by atoms with Gasteiger partial charge in [-0.15, -0.1) is 0 Å². The fourth-order valence-corrected chi connectivity index (χ4v) is 2.69. The van der Waals surface area contributed by atoms with Crippen LogP contribution in [-0.4, -0.2) is 18.4 Å². The van der Waals surface area contributed by atoms with Crippen LogP contribution in [-0.2, 0) is 0 Å². The van der Waals surface area contributed by atoms with Crippen LogP contribution < -0.4 is 0 Å². The van der Waals surface area contributed by atoms with E-state index in [4.69, 9.17) is 4.99 Å². The molecule has 0 spiro atoms. The summed E-state index contributed by atoms with van der Waals surface area (Å²) in [5.41, 5.74) is 3.47. The first-order chi connectivity index (χ1) is 9.74. The molecule has 0 fully saturated rings. The van der Waals surface area contributed by atoms with Gasteiger partial charge in [0.05, 0.1) is 6.04 Å². The molecule has 0 radical (unpaired) electrons. The van der Waals surface area contributed by atoms with Crippen LogP contribution >= 0.6 is 15.9 Å². The summed E-state index contributed by atoms with van der Waals surface area (Å²) in [5, 5.41) is 0. The molecule has 20 heavy (non-hydrogen) atoms. The first-order valence-electron chi connectivity index (χ1n) is 6.99. The summed E-state index contributed by atoms with van der Waals surface area (Å²) >= 11 is 3.44. The summed E-state index contributed by atoms with van der Waals surface area (Å²) in [5.74, 6) is 0. The minimum absolute atomic E-state index is 0.177. The minimum atomic E-state index is -0.420. The zero-order valence-electron chi connectivity index (χ0n) is 11.7. The zero-order chi connectivity index (χ0) is 14.4. The van der Waals surface area contributed by atoms with E-state index in [2.05, 4.69) is 41.1 Å². The number of allylic oxidation sites excluding steroid dienone is 2. The Morgan fingerprint density at radius 1 is 1.40 bits per heavy atom. The van der Waals surface area contributed by atoms with Crippen molar-refractivity contribution in [3.63, 3.8) is 0 Å². The molecule has 1 aromatic rings. The van der Waals surface area contributed by atoms with E-state index in [1.54, 1.807) is 6.08 Å². The Labute approximate surface area is 128 Å². The van der Waals surface area contributed by atoms with Crippen molar-refractivity contribution in [2.75, 3.05) is 6.67 Å². The lowest BCUT2D eigenvalue weighted by Crippen LogP contribution is -2.02. The summed E-state index contributed by atoms with van der Waals surface area (Å²) in [6, 6.07) is 8.43. The smallest absolute Gasteiger partial charge is 0.108 e. The molecule has 1 aliphatic rings. The monoisotopic (exact) mass is 335 g/mol. The van der Waals surface area contributed by atoms with Crippen LogP contribution in [0.2, 0.25) is 0 Å². The second-order valence-corrected chi connectivity index (χ2v) is 5.72. The predicted molar refractivity (Wildman–Crippen MR) is 87.2 cm³/mol. The third-order valence-corrected chi connectivity index (χ3v) is 3.90. The third-order valence-electron chi connectivity index (χ3n) is 3.37. The van der Waals surface area contributed by atoms with E-state index in [9.17, 15) is 4.39 Å². The summed E-state index contributed by atoms with van der Waals surface area (Å²) in [7, 11) is 0. The molecule has 0 N–H and O–H groups in total. The van der Waals surface area contributed by atoms with Crippen molar-refractivity contribution in [2.24, 2.45) is 4.99 Å². The molecule has 0 amide bonds. The molecule has 106 valence electrons. The van der Waals surface area contributed by atoms with E-state index in [-0.39, 0.29) is 6.04 Å². The van der Waals surface area contributed by atoms with Crippen molar-refractivity contribution in [1.29, 1.82) is 0 Å². The summed E-state index contributed by atoms with van der Waals surface area (Å²) in [4.78, 5) is 4.82. The molecular weight excluding hydrogens is 317 g/mol. The van der Waals surface area contributed by atoms with Crippen LogP contribution in [0.1, 0.15) is 31.7 Å². The number of nitrogens with zero attached hydrogens (tertiary/aromatic N) is 1. The maximum Gasteiger partial charge on any atom is 0.108 e. The minimum Gasteiger partial charge on any atom is -0.281 e. The van der Waals surface area contributed by atoms with Crippen molar-refractivity contribution in [1.82, 2.24) is 0 Å². The highest BCUT2D eigenvalue weighted by atomic mass is 79.9. The Bertz CT molecular complexity index is 528. The molecule has 0 saturated carbocycles. The molecule has 1 aliphatic heterocycles. The third kappa shape index (κ3) is 3.89. The van der Waals surface area contributed by atoms with Gasteiger partial charge in [-0.1, -0.05) is 53.2 Å². The molecule has 1 heterocycles. The molecule has 0 bridgehead atoms. The van der Waals surface area contributed by atoms with E-state index in [0.29, 0.717) is 0 Å². The molecule has 1 aromatic carbocycles. The molecule has 0 saturated heterocycles. The highest BCUT2D eigenvalue weighted by Crippen LogP contribution is 2.25. The standard InChI is InChI=1S/C17H19BrFN/c1-2-4-13(5-3-12-19)16-10-11-17(20-16)14-6-8-15(18)9-7-14/h3-9,16H,2,10-12H2,1H3/b5-3-,13-4+. The van der Waals surface area contributed by atoms with E-state index in [1.165, 1.54) is 5.56 Å². The first kappa shape index (κ1) is 15.2. The SMILES string of the molecule is CC/C=C(\C=C/CF)C1CCC(c2ccc(Br)cc2)=N1. The van der Waals surface area contributed by atoms with Gasteiger partial charge in [-0.3, -0.25) is 4.99 Å². The molecular formula is C17H19BrFN. The van der Waals surface area contributed by atoms with Gasteiger partial charge in [0.2, 0.25) is 0 Å².